The van der Waals surface area contributed by atoms with Gasteiger partial charge in [0.1, 0.15) is 6.61 Å². The molecule has 2 heterocycles. The monoisotopic (exact) mass is 196 g/mol. The van der Waals surface area contributed by atoms with Crippen LogP contribution in [-0.2, 0) is 28.5 Å². The molecule has 0 aliphatic carbocycles. The molecule has 0 unspecified atom stereocenters. The number of rotatable bonds is 2. The van der Waals surface area contributed by atoms with E-state index in [1.807, 2.05) is 4.68 Å². The van der Waals surface area contributed by atoms with Crippen molar-refractivity contribution in [2.75, 3.05) is 0 Å². The number of aromatic nitrogens is 2. The van der Waals surface area contributed by atoms with Crippen molar-refractivity contribution in [2.24, 2.45) is 0 Å². The molecular formula is C10H16N2O2. The average molecular weight is 196 g/mol. The van der Waals surface area contributed by atoms with E-state index in [1.54, 1.807) is 0 Å². The maximum absolute atomic E-state index is 4.89. The van der Waals surface area contributed by atoms with Crippen molar-refractivity contribution >= 4 is 0 Å². The van der Waals surface area contributed by atoms with Crippen LogP contribution in [0.2, 0.25) is 0 Å². The minimum absolute atomic E-state index is 0.129. The molecular weight excluding hydrogens is 180 g/mol. The number of nitrogens with zero attached hydrogens (tertiary/aromatic N) is 2. The molecule has 0 fully saturated rings. The Kier molecular flexibility index (Phi) is 2.33. The highest BCUT2D eigenvalue weighted by molar-refractivity contribution is 5.18. The van der Waals surface area contributed by atoms with E-state index < -0.39 is 0 Å². The Hall–Kier alpha value is -0.870. The van der Waals surface area contributed by atoms with Gasteiger partial charge in [-0.25, -0.2) is 14.5 Å². The summed E-state index contributed by atoms with van der Waals surface area (Å²) in [5.74, 6) is 0. The molecule has 78 valence electrons. The van der Waals surface area contributed by atoms with Crippen LogP contribution in [-0.4, -0.2) is 9.78 Å². The molecule has 2 rings (SSSR count). The van der Waals surface area contributed by atoms with Gasteiger partial charge in [-0.15, -0.1) is 0 Å². The van der Waals surface area contributed by atoms with Gasteiger partial charge in [0, 0.05) is 5.41 Å². The second-order valence-corrected chi connectivity index (χ2v) is 4.27. The van der Waals surface area contributed by atoms with Gasteiger partial charge < -0.3 is 0 Å². The van der Waals surface area contributed by atoms with Gasteiger partial charge in [0.2, 0.25) is 0 Å². The van der Waals surface area contributed by atoms with Crippen molar-refractivity contribution < 1.29 is 9.78 Å². The summed E-state index contributed by atoms with van der Waals surface area (Å²) in [7, 11) is 0. The molecule has 0 saturated heterocycles. The Balaban J connectivity index is 2.32. The Morgan fingerprint density at radius 3 is 2.93 bits per heavy atom. The molecule has 0 atom stereocenters. The number of fused-ring (bicyclic) bond motifs is 1. The zero-order chi connectivity index (χ0) is 10.2. The Bertz CT molecular complexity index is 307. The van der Waals surface area contributed by atoms with Crippen LogP contribution >= 0.6 is 0 Å². The largest absolute Gasteiger partial charge is 0.238 e. The fraction of sp³-hybridized carbons (Fsp3) is 0.700. The van der Waals surface area contributed by atoms with Crippen molar-refractivity contribution in [3.05, 3.63) is 17.5 Å². The lowest BCUT2D eigenvalue weighted by molar-refractivity contribution is -0.343. The average Bonchev–Trinajstić information content (AvgIpc) is 2.61. The lowest BCUT2D eigenvalue weighted by Crippen LogP contribution is -2.18. The molecule has 4 heteroatoms. The molecule has 0 aromatic carbocycles. The standard InChI is InChI=1S/C10H16N2O2/c1-4-10(2,3)9-5-8-6-13-14-7-12(8)11-9/h5H,4,6-7H2,1-3H3. The lowest BCUT2D eigenvalue weighted by atomic mass is 9.86. The predicted molar refractivity (Wildman–Crippen MR) is 51.4 cm³/mol. The summed E-state index contributed by atoms with van der Waals surface area (Å²) in [4.78, 5) is 9.75. The minimum Gasteiger partial charge on any atom is -0.238 e. The molecule has 0 saturated carbocycles. The minimum atomic E-state index is 0.129. The molecule has 0 spiro atoms. The summed E-state index contributed by atoms with van der Waals surface area (Å²) in [6.45, 7) is 7.46. The SMILES string of the molecule is CCC(C)(C)c1cc2n(n1)COOC2. The zero-order valence-corrected chi connectivity index (χ0v) is 8.91. The quantitative estimate of drug-likeness (QED) is 0.679. The van der Waals surface area contributed by atoms with E-state index in [-0.39, 0.29) is 5.41 Å². The van der Waals surface area contributed by atoms with Crippen LogP contribution < -0.4 is 0 Å². The Labute approximate surface area is 83.7 Å². The molecule has 0 radical (unpaired) electrons. The Morgan fingerprint density at radius 2 is 2.29 bits per heavy atom. The van der Waals surface area contributed by atoms with Crippen LogP contribution in [0.15, 0.2) is 6.07 Å². The maximum atomic E-state index is 4.89. The fourth-order valence-corrected chi connectivity index (χ4v) is 1.38. The summed E-state index contributed by atoms with van der Waals surface area (Å²) >= 11 is 0. The maximum Gasteiger partial charge on any atom is 0.174 e. The third kappa shape index (κ3) is 1.55. The molecule has 1 aliphatic heterocycles. The van der Waals surface area contributed by atoms with Gasteiger partial charge in [-0.1, -0.05) is 20.8 Å². The molecule has 0 amide bonds. The second-order valence-electron chi connectivity index (χ2n) is 4.27. The Morgan fingerprint density at radius 1 is 1.50 bits per heavy atom. The molecule has 4 nitrogen and oxygen atoms in total. The van der Waals surface area contributed by atoms with Crippen LogP contribution in [0.3, 0.4) is 0 Å². The second kappa shape index (κ2) is 3.37. The van der Waals surface area contributed by atoms with E-state index in [2.05, 4.69) is 31.9 Å². The summed E-state index contributed by atoms with van der Waals surface area (Å²) in [5, 5.41) is 4.50. The zero-order valence-electron chi connectivity index (χ0n) is 8.91. The van der Waals surface area contributed by atoms with Gasteiger partial charge in [-0.2, -0.15) is 5.10 Å². The first-order valence-electron chi connectivity index (χ1n) is 4.95. The first-order valence-corrected chi connectivity index (χ1v) is 4.95. The van der Waals surface area contributed by atoms with E-state index in [1.165, 1.54) is 0 Å². The van der Waals surface area contributed by atoms with Crippen molar-refractivity contribution in [2.45, 2.75) is 45.9 Å². The number of hydrogen-bond donors (Lipinski definition) is 0. The molecule has 1 aliphatic rings. The van der Waals surface area contributed by atoms with Crippen LogP contribution in [0.4, 0.5) is 0 Å². The molecule has 0 bridgehead atoms. The molecule has 1 aromatic rings. The lowest BCUT2D eigenvalue weighted by Gasteiger charge is -2.19. The van der Waals surface area contributed by atoms with E-state index in [9.17, 15) is 0 Å². The predicted octanol–water partition coefficient (Wildman–Crippen LogP) is 1.99. The highest BCUT2D eigenvalue weighted by atomic mass is 17.2. The van der Waals surface area contributed by atoms with Crippen molar-refractivity contribution in [1.29, 1.82) is 0 Å². The van der Waals surface area contributed by atoms with Gasteiger partial charge in [0.15, 0.2) is 6.73 Å². The summed E-state index contributed by atoms with van der Waals surface area (Å²) in [5.41, 5.74) is 2.33. The van der Waals surface area contributed by atoms with Gasteiger partial charge in [0.05, 0.1) is 11.4 Å². The van der Waals surface area contributed by atoms with E-state index in [0.717, 1.165) is 17.8 Å². The van der Waals surface area contributed by atoms with E-state index in [0.29, 0.717) is 13.3 Å². The summed E-state index contributed by atoms with van der Waals surface area (Å²) < 4.78 is 1.86. The third-order valence-electron chi connectivity index (χ3n) is 2.91. The summed E-state index contributed by atoms with van der Waals surface area (Å²) in [6, 6.07) is 2.10. The molecule has 14 heavy (non-hydrogen) atoms. The van der Waals surface area contributed by atoms with E-state index >= 15 is 0 Å². The number of hydrogen-bond acceptors (Lipinski definition) is 3. The third-order valence-corrected chi connectivity index (χ3v) is 2.91. The van der Waals surface area contributed by atoms with Crippen LogP contribution in [0.5, 0.6) is 0 Å². The fourth-order valence-electron chi connectivity index (χ4n) is 1.38. The topological polar surface area (TPSA) is 36.3 Å². The van der Waals surface area contributed by atoms with E-state index in [4.69, 9.17) is 9.78 Å². The highest BCUT2D eigenvalue weighted by Crippen LogP contribution is 2.27. The smallest absolute Gasteiger partial charge is 0.174 e. The highest BCUT2D eigenvalue weighted by Gasteiger charge is 2.24. The van der Waals surface area contributed by atoms with Gasteiger partial charge in [-0.05, 0) is 12.5 Å². The van der Waals surface area contributed by atoms with Crippen LogP contribution in [0, 0.1) is 0 Å². The first-order chi connectivity index (χ1) is 6.63. The van der Waals surface area contributed by atoms with Gasteiger partial charge in [-0.3, -0.25) is 0 Å². The van der Waals surface area contributed by atoms with Crippen molar-refractivity contribution in [3.8, 4) is 0 Å². The molecule has 1 aromatic heterocycles. The van der Waals surface area contributed by atoms with Crippen LogP contribution in [0.25, 0.3) is 0 Å². The van der Waals surface area contributed by atoms with Crippen molar-refractivity contribution in [3.63, 3.8) is 0 Å². The van der Waals surface area contributed by atoms with Gasteiger partial charge in [0.25, 0.3) is 0 Å². The van der Waals surface area contributed by atoms with Gasteiger partial charge >= 0.3 is 0 Å². The van der Waals surface area contributed by atoms with Crippen LogP contribution in [0.1, 0.15) is 38.6 Å². The molecule has 0 N–H and O–H groups in total. The normalized spacial score (nSPS) is 16.8. The first kappa shape index (κ1) is 9.68. The summed E-state index contributed by atoms with van der Waals surface area (Å²) in [6.07, 6.45) is 1.07. The van der Waals surface area contributed by atoms with Crippen molar-refractivity contribution in [1.82, 2.24) is 9.78 Å².